The largest absolute Gasteiger partial charge is 0.486 e. The van der Waals surface area contributed by atoms with Gasteiger partial charge in [0.25, 0.3) is 0 Å². The molecule has 29 heavy (non-hydrogen) atoms. The maximum Gasteiger partial charge on any atom is 0.224 e. The molecule has 0 radical (unpaired) electrons. The molecule has 2 atom stereocenters. The molecule has 6 nitrogen and oxygen atoms in total. The number of hydrogen-bond donors (Lipinski definition) is 1. The number of rotatable bonds is 2. The Hall–Kier alpha value is -1.50. The summed E-state index contributed by atoms with van der Waals surface area (Å²) < 4.78 is 17.3. The van der Waals surface area contributed by atoms with Crippen LogP contribution in [0.5, 0.6) is 11.5 Å². The van der Waals surface area contributed by atoms with Gasteiger partial charge in [0.2, 0.25) is 5.91 Å². The summed E-state index contributed by atoms with van der Waals surface area (Å²) in [5, 5.41) is 3.42. The van der Waals surface area contributed by atoms with Crippen LogP contribution in [0, 0.1) is 0 Å². The number of nitrogens with one attached hydrogen (secondary N) is 1. The molecule has 1 aliphatic carbocycles. The van der Waals surface area contributed by atoms with E-state index in [9.17, 15) is 4.79 Å². The van der Waals surface area contributed by atoms with Crippen molar-refractivity contribution in [1.29, 1.82) is 0 Å². The van der Waals surface area contributed by atoms with Gasteiger partial charge < -0.3 is 24.4 Å². The van der Waals surface area contributed by atoms with Crippen molar-refractivity contribution in [3.05, 3.63) is 23.3 Å². The minimum absolute atomic E-state index is 0. The Morgan fingerprint density at radius 3 is 2.59 bits per heavy atom. The molecule has 5 rings (SSSR count). The average Bonchev–Trinajstić information content (AvgIpc) is 3.20. The number of carbonyl (C=O) groups excluding carboxylic acids is 1. The summed E-state index contributed by atoms with van der Waals surface area (Å²) in [5.74, 6) is 1.91. The second kappa shape index (κ2) is 8.32. The molecule has 1 aromatic carbocycles. The van der Waals surface area contributed by atoms with Gasteiger partial charge in [0, 0.05) is 31.0 Å². The molecule has 0 aromatic heterocycles. The van der Waals surface area contributed by atoms with E-state index < -0.39 is 0 Å². The Morgan fingerprint density at radius 1 is 1.17 bits per heavy atom. The SMILES string of the molecule is CC1c2cc3c(cc2C2(CCCC2)CN1C(=O)CC1COCCN1)OCCO3.Cl. The number of ether oxygens (including phenoxy) is 3. The summed E-state index contributed by atoms with van der Waals surface area (Å²) in [4.78, 5) is 15.4. The van der Waals surface area contributed by atoms with Crippen molar-refractivity contribution in [2.75, 3.05) is 39.5 Å². The summed E-state index contributed by atoms with van der Waals surface area (Å²) in [5.41, 5.74) is 2.67. The minimum Gasteiger partial charge on any atom is -0.486 e. The highest BCUT2D eigenvalue weighted by molar-refractivity contribution is 5.85. The molecule has 3 aliphatic heterocycles. The molecular formula is C22H31ClN2O4. The molecule has 1 saturated carbocycles. The first-order valence-corrected chi connectivity index (χ1v) is 10.7. The number of benzene rings is 1. The predicted octanol–water partition coefficient (Wildman–Crippen LogP) is 2.97. The van der Waals surface area contributed by atoms with Crippen molar-refractivity contribution in [2.24, 2.45) is 0 Å². The van der Waals surface area contributed by atoms with E-state index in [1.807, 2.05) is 0 Å². The third kappa shape index (κ3) is 3.71. The molecule has 1 amide bonds. The second-order valence-corrected chi connectivity index (χ2v) is 8.70. The highest BCUT2D eigenvalue weighted by Crippen LogP contribution is 2.52. The fourth-order valence-corrected chi connectivity index (χ4v) is 5.49. The second-order valence-electron chi connectivity index (χ2n) is 8.70. The quantitative estimate of drug-likeness (QED) is 0.794. The Morgan fingerprint density at radius 2 is 1.90 bits per heavy atom. The lowest BCUT2D eigenvalue weighted by molar-refractivity contribution is -0.136. The molecule has 7 heteroatoms. The summed E-state index contributed by atoms with van der Waals surface area (Å²) >= 11 is 0. The van der Waals surface area contributed by atoms with Gasteiger partial charge in [-0.25, -0.2) is 0 Å². The zero-order valence-corrected chi connectivity index (χ0v) is 17.9. The normalized spacial score (nSPS) is 27.3. The Kier molecular flexibility index (Phi) is 5.96. The van der Waals surface area contributed by atoms with Crippen LogP contribution in [0.1, 0.15) is 56.2 Å². The number of amides is 1. The molecule has 3 heterocycles. The Bertz CT molecular complexity index is 759. The van der Waals surface area contributed by atoms with Crippen LogP contribution in [-0.2, 0) is 14.9 Å². The lowest BCUT2D eigenvalue weighted by atomic mass is 9.71. The van der Waals surface area contributed by atoms with E-state index in [1.54, 1.807) is 0 Å². The van der Waals surface area contributed by atoms with Gasteiger partial charge >= 0.3 is 0 Å². The molecule has 160 valence electrons. The number of halogens is 1. The van der Waals surface area contributed by atoms with Crippen LogP contribution in [-0.4, -0.2) is 56.4 Å². The number of nitrogens with zero attached hydrogens (tertiary/aromatic N) is 1. The summed E-state index contributed by atoms with van der Waals surface area (Å²) in [6, 6.07) is 4.52. The van der Waals surface area contributed by atoms with Crippen molar-refractivity contribution in [1.82, 2.24) is 10.2 Å². The highest BCUT2D eigenvalue weighted by Gasteiger charge is 2.46. The topological polar surface area (TPSA) is 60.0 Å². The standard InChI is InChI=1S/C22H30N2O4.ClH/c1-15-17-11-19-20(28-9-8-27-19)12-18(17)22(4-2-3-5-22)14-24(15)21(25)10-16-13-26-7-6-23-16;/h11-12,15-16,23H,2-10,13-14H2,1H3;1H. The number of carbonyl (C=O) groups is 1. The summed E-state index contributed by atoms with van der Waals surface area (Å²) in [6.07, 6.45) is 5.23. The molecule has 1 aromatic rings. The van der Waals surface area contributed by atoms with E-state index in [-0.39, 0.29) is 35.8 Å². The van der Waals surface area contributed by atoms with Crippen molar-refractivity contribution in [3.8, 4) is 11.5 Å². The van der Waals surface area contributed by atoms with Crippen LogP contribution >= 0.6 is 12.4 Å². The minimum atomic E-state index is 0. The van der Waals surface area contributed by atoms with Gasteiger partial charge in [-0.1, -0.05) is 12.8 Å². The van der Waals surface area contributed by atoms with E-state index in [1.165, 1.54) is 24.0 Å². The van der Waals surface area contributed by atoms with Gasteiger partial charge in [0.15, 0.2) is 11.5 Å². The first-order chi connectivity index (χ1) is 13.7. The third-order valence-corrected chi connectivity index (χ3v) is 6.98. The van der Waals surface area contributed by atoms with E-state index in [2.05, 4.69) is 29.3 Å². The van der Waals surface area contributed by atoms with Gasteiger partial charge in [0.1, 0.15) is 13.2 Å². The lowest BCUT2D eigenvalue weighted by Crippen LogP contribution is -2.51. The Balaban J connectivity index is 0.00000205. The van der Waals surface area contributed by atoms with Gasteiger partial charge in [-0.2, -0.15) is 0 Å². The number of morpholine rings is 1. The molecule has 1 saturated heterocycles. The first kappa shape index (κ1) is 20.8. The van der Waals surface area contributed by atoms with Crippen molar-refractivity contribution in [3.63, 3.8) is 0 Å². The molecular weight excluding hydrogens is 392 g/mol. The predicted molar refractivity (Wildman–Crippen MR) is 112 cm³/mol. The zero-order chi connectivity index (χ0) is 19.1. The van der Waals surface area contributed by atoms with Gasteiger partial charge in [-0.3, -0.25) is 4.79 Å². The van der Waals surface area contributed by atoms with E-state index in [0.29, 0.717) is 26.2 Å². The van der Waals surface area contributed by atoms with Crippen LogP contribution in [0.25, 0.3) is 0 Å². The number of fused-ring (bicyclic) bond motifs is 3. The van der Waals surface area contributed by atoms with E-state index in [0.717, 1.165) is 44.0 Å². The lowest BCUT2D eigenvalue weighted by Gasteiger charge is -2.46. The smallest absolute Gasteiger partial charge is 0.224 e. The van der Waals surface area contributed by atoms with Gasteiger partial charge in [0.05, 0.1) is 19.3 Å². The van der Waals surface area contributed by atoms with Gasteiger partial charge in [-0.05, 0) is 43.0 Å². The third-order valence-electron chi connectivity index (χ3n) is 6.98. The zero-order valence-electron chi connectivity index (χ0n) is 17.1. The Labute approximate surface area is 178 Å². The maximum absolute atomic E-state index is 13.3. The van der Waals surface area contributed by atoms with Crippen molar-refractivity contribution < 1.29 is 19.0 Å². The molecule has 4 aliphatic rings. The number of hydrogen-bond acceptors (Lipinski definition) is 5. The van der Waals surface area contributed by atoms with Gasteiger partial charge in [-0.15, -0.1) is 12.4 Å². The molecule has 2 fully saturated rings. The average molecular weight is 423 g/mol. The van der Waals surface area contributed by atoms with Crippen LogP contribution in [0.3, 0.4) is 0 Å². The molecule has 1 N–H and O–H groups in total. The van der Waals surface area contributed by atoms with Crippen LogP contribution in [0.15, 0.2) is 12.1 Å². The fraction of sp³-hybridized carbons (Fsp3) is 0.682. The summed E-state index contributed by atoms with van der Waals surface area (Å²) in [6.45, 7) is 6.33. The van der Waals surface area contributed by atoms with Crippen LogP contribution < -0.4 is 14.8 Å². The molecule has 0 bridgehead atoms. The fourth-order valence-electron chi connectivity index (χ4n) is 5.49. The molecule has 1 spiro atoms. The highest BCUT2D eigenvalue weighted by atomic mass is 35.5. The monoisotopic (exact) mass is 422 g/mol. The van der Waals surface area contributed by atoms with Crippen molar-refractivity contribution >= 4 is 18.3 Å². The first-order valence-electron chi connectivity index (χ1n) is 10.7. The van der Waals surface area contributed by atoms with Crippen LogP contribution in [0.2, 0.25) is 0 Å². The summed E-state index contributed by atoms with van der Waals surface area (Å²) in [7, 11) is 0. The van der Waals surface area contributed by atoms with Crippen molar-refractivity contribution in [2.45, 2.75) is 56.5 Å². The van der Waals surface area contributed by atoms with E-state index >= 15 is 0 Å². The van der Waals surface area contributed by atoms with E-state index in [4.69, 9.17) is 14.2 Å². The van der Waals surface area contributed by atoms with Crippen LogP contribution in [0.4, 0.5) is 0 Å². The molecule has 2 unspecified atom stereocenters. The maximum atomic E-state index is 13.3.